The van der Waals surface area contributed by atoms with Crippen LogP contribution in [0.5, 0.6) is 17.2 Å². The van der Waals surface area contributed by atoms with Gasteiger partial charge in [-0.2, -0.15) is 0 Å². The highest BCUT2D eigenvalue weighted by Gasteiger charge is 2.33. The quantitative estimate of drug-likeness (QED) is 0.430. The second-order valence-electron chi connectivity index (χ2n) is 5.62. The van der Waals surface area contributed by atoms with Crippen LogP contribution in [0.2, 0.25) is 0 Å². The topological polar surface area (TPSA) is 71.1 Å². The van der Waals surface area contributed by atoms with Gasteiger partial charge in [-0.05, 0) is 42.3 Å². The molecule has 0 saturated heterocycles. The Labute approximate surface area is 152 Å². The maximum absolute atomic E-state index is 13.2. The van der Waals surface area contributed by atoms with E-state index in [1.54, 1.807) is 36.4 Å². The van der Waals surface area contributed by atoms with Crippen LogP contribution in [0.1, 0.15) is 27.4 Å². The van der Waals surface area contributed by atoms with Crippen LogP contribution in [-0.4, -0.2) is 40.2 Å². The summed E-state index contributed by atoms with van der Waals surface area (Å²) in [6.45, 7) is 1.88. The van der Waals surface area contributed by atoms with Gasteiger partial charge < -0.3 is 18.9 Å². The number of ether oxygens (including phenoxy) is 4. The van der Waals surface area contributed by atoms with Gasteiger partial charge in [-0.3, -0.25) is 9.59 Å². The molecule has 0 aliphatic heterocycles. The smallest absolute Gasteiger partial charge is 0.321 e. The third kappa shape index (κ3) is 3.79. The number of methoxy groups -OCH3 is 4. The fourth-order valence-corrected chi connectivity index (χ4v) is 2.69. The van der Waals surface area contributed by atoms with Gasteiger partial charge in [0, 0.05) is 0 Å². The number of esters is 1. The molecule has 138 valence electrons. The SMILES string of the molecule is COC(=O)C(C(=O)c1cc(OC)ccc1OC)c1ccc(C)c(OC)c1. The first-order chi connectivity index (χ1) is 12.5. The monoisotopic (exact) mass is 358 g/mol. The van der Waals surface area contributed by atoms with Crippen molar-refractivity contribution in [2.45, 2.75) is 12.8 Å². The van der Waals surface area contributed by atoms with Gasteiger partial charge in [-0.15, -0.1) is 0 Å². The second kappa shape index (κ2) is 8.38. The molecule has 0 N–H and O–H groups in total. The second-order valence-corrected chi connectivity index (χ2v) is 5.62. The highest BCUT2D eigenvalue weighted by Crippen LogP contribution is 2.32. The fraction of sp³-hybridized carbons (Fsp3) is 0.300. The molecular weight excluding hydrogens is 336 g/mol. The molecule has 26 heavy (non-hydrogen) atoms. The van der Waals surface area contributed by atoms with Crippen LogP contribution in [0.4, 0.5) is 0 Å². The van der Waals surface area contributed by atoms with Crippen molar-refractivity contribution in [2.24, 2.45) is 0 Å². The minimum Gasteiger partial charge on any atom is -0.497 e. The molecule has 0 spiro atoms. The van der Waals surface area contributed by atoms with Gasteiger partial charge in [-0.25, -0.2) is 0 Å². The van der Waals surface area contributed by atoms with Crippen molar-refractivity contribution < 1.29 is 28.5 Å². The minimum absolute atomic E-state index is 0.238. The van der Waals surface area contributed by atoms with Gasteiger partial charge in [0.15, 0.2) is 5.78 Å². The van der Waals surface area contributed by atoms with Crippen molar-refractivity contribution in [3.63, 3.8) is 0 Å². The number of Topliss-reactive ketones (excluding diaryl/α,β-unsaturated/α-hetero) is 1. The highest BCUT2D eigenvalue weighted by atomic mass is 16.5. The van der Waals surface area contributed by atoms with E-state index in [0.29, 0.717) is 22.8 Å². The van der Waals surface area contributed by atoms with E-state index in [1.165, 1.54) is 28.4 Å². The Hall–Kier alpha value is -3.02. The molecule has 0 amide bonds. The van der Waals surface area contributed by atoms with Crippen molar-refractivity contribution in [1.29, 1.82) is 0 Å². The van der Waals surface area contributed by atoms with Crippen LogP contribution < -0.4 is 14.2 Å². The summed E-state index contributed by atoms with van der Waals surface area (Å²) in [7, 11) is 5.74. The third-order valence-electron chi connectivity index (χ3n) is 4.14. The number of hydrogen-bond acceptors (Lipinski definition) is 6. The molecule has 0 fully saturated rings. The summed E-state index contributed by atoms with van der Waals surface area (Å²) in [6, 6.07) is 10.0. The summed E-state index contributed by atoms with van der Waals surface area (Å²) >= 11 is 0. The summed E-state index contributed by atoms with van der Waals surface area (Å²) < 4.78 is 20.6. The van der Waals surface area contributed by atoms with Gasteiger partial charge >= 0.3 is 5.97 Å². The van der Waals surface area contributed by atoms with E-state index < -0.39 is 17.7 Å². The van der Waals surface area contributed by atoms with Gasteiger partial charge in [0.05, 0.1) is 34.0 Å². The average molecular weight is 358 g/mol. The number of ketones is 1. The first-order valence-electron chi connectivity index (χ1n) is 7.95. The minimum atomic E-state index is -1.14. The Morgan fingerprint density at radius 1 is 0.846 bits per heavy atom. The van der Waals surface area contributed by atoms with Gasteiger partial charge in [0.1, 0.15) is 23.2 Å². The first-order valence-corrected chi connectivity index (χ1v) is 7.95. The fourth-order valence-electron chi connectivity index (χ4n) is 2.69. The van der Waals surface area contributed by atoms with Gasteiger partial charge in [-0.1, -0.05) is 12.1 Å². The lowest BCUT2D eigenvalue weighted by Gasteiger charge is -2.18. The molecule has 1 unspecified atom stereocenters. The third-order valence-corrected chi connectivity index (χ3v) is 4.14. The van der Waals surface area contributed by atoms with Crippen LogP contribution in [-0.2, 0) is 9.53 Å². The molecule has 0 heterocycles. The summed E-state index contributed by atoms with van der Waals surface area (Å²) in [4.78, 5) is 25.6. The van der Waals surface area contributed by atoms with Gasteiger partial charge in [0.25, 0.3) is 0 Å². The lowest BCUT2D eigenvalue weighted by molar-refractivity contribution is -0.141. The zero-order valence-electron chi connectivity index (χ0n) is 15.5. The number of carbonyl (C=O) groups is 2. The Morgan fingerprint density at radius 3 is 2.12 bits per heavy atom. The van der Waals surface area contributed by atoms with Crippen molar-refractivity contribution in [3.05, 3.63) is 53.1 Å². The molecule has 1 atom stereocenters. The maximum atomic E-state index is 13.2. The Morgan fingerprint density at radius 2 is 1.54 bits per heavy atom. The van der Waals surface area contributed by atoms with Gasteiger partial charge in [0.2, 0.25) is 0 Å². The van der Waals surface area contributed by atoms with Crippen molar-refractivity contribution in [1.82, 2.24) is 0 Å². The first kappa shape index (κ1) is 19.3. The van der Waals surface area contributed by atoms with E-state index in [4.69, 9.17) is 18.9 Å². The standard InChI is InChI=1S/C20H22O6/c1-12-6-7-13(10-17(12)25-4)18(20(22)26-5)19(21)15-11-14(23-2)8-9-16(15)24-3/h6-11,18H,1-5H3. The molecule has 0 saturated carbocycles. The summed E-state index contributed by atoms with van der Waals surface area (Å²) in [5.41, 5.74) is 1.61. The van der Waals surface area contributed by atoms with E-state index in [0.717, 1.165) is 5.56 Å². The lowest BCUT2D eigenvalue weighted by Crippen LogP contribution is -2.24. The van der Waals surface area contributed by atoms with Crippen LogP contribution in [0.25, 0.3) is 0 Å². The number of aryl methyl sites for hydroxylation is 1. The normalized spacial score (nSPS) is 11.4. The average Bonchev–Trinajstić information content (AvgIpc) is 2.68. The van der Waals surface area contributed by atoms with E-state index in [1.807, 2.05) is 6.92 Å². The molecule has 0 aliphatic rings. The Bertz CT molecular complexity index is 812. The molecule has 2 aromatic carbocycles. The Balaban J connectivity index is 2.58. The number of carbonyl (C=O) groups excluding carboxylic acids is 2. The largest absolute Gasteiger partial charge is 0.497 e. The maximum Gasteiger partial charge on any atom is 0.321 e. The zero-order valence-corrected chi connectivity index (χ0v) is 15.5. The number of benzene rings is 2. The van der Waals surface area contributed by atoms with E-state index in [2.05, 4.69) is 0 Å². The molecule has 0 radical (unpaired) electrons. The molecule has 0 aliphatic carbocycles. The predicted molar refractivity (Wildman–Crippen MR) is 96.4 cm³/mol. The van der Waals surface area contributed by atoms with Crippen LogP contribution >= 0.6 is 0 Å². The lowest BCUT2D eigenvalue weighted by atomic mass is 9.89. The zero-order chi connectivity index (χ0) is 19.3. The molecule has 6 nitrogen and oxygen atoms in total. The molecule has 2 rings (SSSR count). The van der Waals surface area contributed by atoms with Crippen LogP contribution in [0, 0.1) is 6.92 Å². The number of rotatable bonds is 7. The molecule has 0 aromatic heterocycles. The van der Waals surface area contributed by atoms with Crippen molar-refractivity contribution in [2.75, 3.05) is 28.4 Å². The summed E-state index contributed by atoms with van der Waals surface area (Å²) in [6.07, 6.45) is 0. The highest BCUT2D eigenvalue weighted by molar-refractivity contribution is 6.14. The van der Waals surface area contributed by atoms with E-state index in [-0.39, 0.29) is 5.56 Å². The predicted octanol–water partition coefficient (Wildman–Crippen LogP) is 3.16. The van der Waals surface area contributed by atoms with Crippen molar-refractivity contribution >= 4 is 11.8 Å². The molecule has 2 aromatic rings. The van der Waals surface area contributed by atoms with Crippen LogP contribution in [0.15, 0.2) is 36.4 Å². The molecular formula is C20H22O6. The Kier molecular flexibility index (Phi) is 6.22. The molecule has 0 bridgehead atoms. The van der Waals surface area contributed by atoms with E-state index >= 15 is 0 Å². The number of hydrogen-bond donors (Lipinski definition) is 0. The van der Waals surface area contributed by atoms with Crippen LogP contribution in [0.3, 0.4) is 0 Å². The summed E-state index contributed by atoms with van der Waals surface area (Å²) in [5.74, 6) is -0.829. The van der Waals surface area contributed by atoms with E-state index in [9.17, 15) is 9.59 Å². The van der Waals surface area contributed by atoms with Crippen molar-refractivity contribution in [3.8, 4) is 17.2 Å². The summed E-state index contributed by atoms with van der Waals surface area (Å²) in [5, 5.41) is 0. The molecule has 6 heteroatoms.